The van der Waals surface area contributed by atoms with Crippen molar-refractivity contribution in [2.24, 2.45) is 0 Å². The maximum atomic E-state index is 13.6. The molecule has 6 aromatic rings. The van der Waals surface area contributed by atoms with Crippen molar-refractivity contribution in [3.63, 3.8) is 0 Å². The van der Waals surface area contributed by atoms with Gasteiger partial charge in [0.1, 0.15) is 30.4 Å². The average Bonchev–Trinajstić information content (AvgIpc) is 0.808. The zero-order valence-corrected chi connectivity index (χ0v) is 61.6. The molecule has 12 N–H and O–H groups in total. The second-order valence-electron chi connectivity index (χ2n) is 23.6. The first-order valence-corrected chi connectivity index (χ1v) is 34.2. The number of thioether (sulfide) groups is 2. The Morgan fingerprint density at radius 3 is 1.47 bits per heavy atom. The van der Waals surface area contributed by atoms with Gasteiger partial charge in [-0.15, -0.1) is 0 Å². The van der Waals surface area contributed by atoms with Crippen LogP contribution in [-0.2, 0) is 38.1 Å². The normalized spacial score (nSPS) is 21.4. The summed E-state index contributed by atoms with van der Waals surface area (Å²) in [4.78, 5) is 103. The molecule has 0 saturated carbocycles. The predicted molar refractivity (Wildman–Crippen MR) is 362 cm³/mol. The average molecular weight is 1440 g/mol. The van der Waals surface area contributed by atoms with Gasteiger partial charge in [-0.3, -0.25) is 28.8 Å². The maximum Gasteiger partial charge on any atom is 1.00 e. The number of Topliss-reactive ketones (excluding diaryl/α,β-unsaturated/α-hetero) is 1. The van der Waals surface area contributed by atoms with E-state index in [1.165, 1.54) is 30.4 Å². The summed E-state index contributed by atoms with van der Waals surface area (Å²) in [5, 5.41) is 94.0. The second-order valence-corrected chi connectivity index (χ2v) is 26.0. The zero-order valence-electron chi connectivity index (χ0n) is 56.0. The fourth-order valence-electron chi connectivity index (χ4n) is 11.5. The molecule has 29 heteroatoms. The first-order valence-electron chi connectivity index (χ1n) is 31.9. The Morgan fingerprint density at radius 2 is 0.980 bits per heavy atom. The molecule has 0 radical (unpaired) electrons. The first-order chi connectivity index (χ1) is 46.6. The molecule has 8 rings (SSSR count). The van der Waals surface area contributed by atoms with Crippen LogP contribution in [0.2, 0.25) is 0 Å². The van der Waals surface area contributed by atoms with E-state index in [1.807, 2.05) is 60.7 Å². The summed E-state index contributed by atoms with van der Waals surface area (Å²) in [6.45, 7) is 1.37. The number of ether oxygens (including phenoxy) is 4. The third kappa shape index (κ3) is 23.3. The van der Waals surface area contributed by atoms with Gasteiger partial charge in [-0.1, -0.05) is 109 Å². The van der Waals surface area contributed by atoms with Gasteiger partial charge in [0.15, 0.2) is 5.78 Å². The molecule has 2 aliphatic heterocycles. The Balaban J connectivity index is 0.00000601. The predicted octanol–water partition coefficient (Wildman–Crippen LogP) is -3.16. The summed E-state index contributed by atoms with van der Waals surface area (Å²) in [5.74, 6) is -7.47. The van der Waals surface area contributed by atoms with Gasteiger partial charge in [0.2, 0.25) is 17.6 Å². The Bertz CT molecular complexity index is 3650. The molecule has 0 aromatic heterocycles. The van der Waals surface area contributed by atoms with Crippen LogP contribution in [0, 0.1) is 0 Å². The SMILES string of the molecule is CC(=O)N[C@H]1[C@H]([C@H](O)[C@H](O)CNC(=O)c2ccc(-c3ccccc3)cc2)O[C@]([C-]=O)(OCCCSCCNC(=O)c2ccc(C(=O)CCCSCCCO[C@]3(C(=O)[O-])C[C@H](O)[C@@H](NC(C)=O)[C@H]([C@H](O)[C@H](O)CNC(=O)c4ccc(-c5ccccc5)cc4)O3)c3ccccc23)C[C@@H]1O.[Na+].[Na+].[OH-]. The van der Waals surface area contributed by atoms with Crippen molar-refractivity contribution in [1.82, 2.24) is 26.6 Å². The van der Waals surface area contributed by atoms with E-state index in [4.69, 9.17) is 18.9 Å². The van der Waals surface area contributed by atoms with E-state index in [1.54, 1.807) is 91.2 Å². The molecule has 0 unspecified atom stereocenters. The van der Waals surface area contributed by atoms with Crippen LogP contribution in [0.4, 0.5) is 0 Å². The standard InChI is InChI=1S/C71H82N5O19S2.2Na.H2O/c1-43(78)75-60-56(81)38-70(42-77,94-64(60)62(85)58(83)40-73-66(87)49-25-21-47(22-26-49)45-14-5-3-6-15-45)92-32-12-36-97-37-31-72-68(89)54-30-29-53(51-18-9-10-19-52(51)54)55(80)20-11-34-96-35-13-33-93-71(69(90)91)39-57(82)61(76-44(2)79)65(95-71)63(86)59(84)41-74-67(88)50-27-23-48(24-28-50)46-16-7-4-8-17-46;;;/h3-10,14-19,21-30,56-65,81-86H,11-13,20,31-41H2,1-2H3,(H,72,89)(H,73,87)(H,74,88)(H,75,78)(H,76,79)(H,90,91);;;1H2/q-1;2*+1;/p-2/t56-,57-,58+,59+,60+,61+,62+,63+,64+,65+,70+,71+;;;/m0.../s1. The van der Waals surface area contributed by atoms with Gasteiger partial charge in [0, 0.05) is 87.4 Å². The molecule has 2 fully saturated rings. The van der Waals surface area contributed by atoms with Gasteiger partial charge >= 0.3 is 59.1 Å². The third-order valence-electron chi connectivity index (χ3n) is 16.5. The van der Waals surface area contributed by atoms with Crippen LogP contribution in [-0.4, -0.2) is 212 Å². The molecular weight excluding hydrogens is 1350 g/mol. The number of benzene rings is 6. The quantitative estimate of drug-likeness (QED) is 0.00810. The van der Waals surface area contributed by atoms with Crippen molar-refractivity contribution in [3.8, 4) is 22.3 Å². The summed E-state index contributed by atoms with van der Waals surface area (Å²) in [6.07, 6.45) is -11.8. The number of carbonyl (C=O) groups is 7. The minimum absolute atomic E-state index is 0. The first kappa shape index (κ1) is 84.7. The van der Waals surface area contributed by atoms with E-state index in [0.29, 0.717) is 63.3 Å². The largest absolute Gasteiger partial charge is 1.00 e. The number of aliphatic hydroxyl groups excluding tert-OH is 6. The summed E-state index contributed by atoms with van der Waals surface area (Å²) in [5.41, 5.74) is 5.03. The zero-order chi connectivity index (χ0) is 69.7. The minimum Gasteiger partial charge on any atom is -0.870 e. The van der Waals surface area contributed by atoms with Crippen LogP contribution in [0.5, 0.6) is 0 Å². The van der Waals surface area contributed by atoms with Crippen LogP contribution < -0.4 is 90.8 Å². The van der Waals surface area contributed by atoms with Crippen molar-refractivity contribution < 1.29 is 158 Å². The molecule has 0 bridgehead atoms. The Morgan fingerprint density at radius 1 is 0.550 bits per heavy atom. The van der Waals surface area contributed by atoms with E-state index < -0.39 is 128 Å². The second kappa shape index (κ2) is 41.3. The fourth-order valence-corrected chi connectivity index (χ4v) is 13.1. The molecular formula is C71H82N5Na2O20S2-. The van der Waals surface area contributed by atoms with E-state index in [-0.39, 0.29) is 114 Å². The van der Waals surface area contributed by atoms with Crippen molar-refractivity contribution in [1.29, 1.82) is 0 Å². The van der Waals surface area contributed by atoms with Crippen LogP contribution in [0.15, 0.2) is 146 Å². The Hall–Kier alpha value is -6.00. The minimum atomic E-state index is -2.59. The number of carboxylic acids is 1. The van der Waals surface area contributed by atoms with Crippen molar-refractivity contribution in [3.05, 3.63) is 168 Å². The summed E-state index contributed by atoms with van der Waals surface area (Å²) in [7, 11) is 0. The molecule has 2 saturated heterocycles. The van der Waals surface area contributed by atoms with Gasteiger partial charge in [-0.05, 0) is 106 Å². The molecule has 0 spiro atoms. The van der Waals surface area contributed by atoms with E-state index in [0.717, 1.165) is 29.2 Å². The molecule has 6 aromatic carbocycles. The van der Waals surface area contributed by atoms with Crippen LogP contribution in [0.25, 0.3) is 33.0 Å². The summed E-state index contributed by atoms with van der Waals surface area (Å²) in [6, 6.07) is 40.2. The summed E-state index contributed by atoms with van der Waals surface area (Å²) < 4.78 is 23.3. The number of hydrogen-bond donors (Lipinski definition) is 11. The monoisotopic (exact) mass is 1430 g/mol. The van der Waals surface area contributed by atoms with Gasteiger partial charge in [-0.25, -0.2) is 6.29 Å². The number of hydrogen-bond acceptors (Lipinski definition) is 22. The third-order valence-corrected chi connectivity index (χ3v) is 18.7. The smallest absolute Gasteiger partial charge is 0.870 e. The van der Waals surface area contributed by atoms with Gasteiger partial charge < -0.3 is 96.3 Å². The number of amides is 5. The molecule has 2 aliphatic rings. The Labute approximate surface area is 631 Å². The van der Waals surface area contributed by atoms with Crippen LogP contribution in [0.3, 0.4) is 0 Å². The van der Waals surface area contributed by atoms with Gasteiger partial charge in [0.05, 0.1) is 48.9 Å². The number of carbonyl (C=O) groups excluding carboxylic acids is 8. The molecule has 2 heterocycles. The van der Waals surface area contributed by atoms with Gasteiger partial charge in [-0.2, -0.15) is 23.5 Å². The molecule has 5 amide bonds. The van der Waals surface area contributed by atoms with Crippen molar-refractivity contribution in [2.45, 2.75) is 125 Å². The summed E-state index contributed by atoms with van der Waals surface area (Å²) >= 11 is 2.96. The Kier molecular flexibility index (Phi) is 35.0. The maximum absolute atomic E-state index is 13.6. The number of rotatable bonds is 35. The molecule has 12 atom stereocenters. The molecule has 100 heavy (non-hydrogen) atoms. The molecule has 0 aliphatic carbocycles. The number of ketones is 1. The topological polar surface area (TPSA) is 408 Å². The van der Waals surface area contributed by atoms with E-state index in [2.05, 4.69) is 26.6 Å². The fraction of sp³-hybridized carbons (Fsp3) is 0.408. The molecule has 526 valence electrons. The number of aliphatic carboxylic acids is 1. The molecule has 25 nitrogen and oxygen atoms in total. The number of aliphatic hydroxyl groups is 6. The van der Waals surface area contributed by atoms with E-state index in [9.17, 15) is 74.1 Å². The number of fused-ring (bicyclic) bond motifs is 1. The van der Waals surface area contributed by atoms with Crippen LogP contribution in [0.1, 0.15) is 93.8 Å². The van der Waals surface area contributed by atoms with Crippen molar-refractivity contribution in [2.75, 3.05) is 55.9 Å². The van der Waals surface area contributed by atoms with Gasteiger partial charge in [0.25, 0.3) is 17.7 Å². The number of nitrogens with one attached hydrogen (secondary N) is 5. The van der Waals surface area contributed by atoms with E-state index >= 15 is 0 Å². The number of carboxylic acid groups (broad SMARTS) is 1. The van der Waals surface area contributed by atoms with Crippen LogP contribution >= 0.6 is 23.5 Å². The van der Waals surface area contributed by atoms with Crippen molar-refractivity contribution >= 4 is 81.9 Å².